The average Bonchev–Trinajstić information content (AvgIpc) is 2.92. The third-order valence-corrected chi connectivity index (χ3v) is 18.0. The molecule has 0 spiro atoms. The Hall–Kier alpha value is -0.378. The second-order valence-electron chi connectivity index (χ2n) is 14.9. The molecule has 0 saturated heterocycles. The fraction of sp³-hybridized carbons (Fsp3) is 0.667. The Morgan fingerprint density at radius 1 is 0.700 bits per heavy atom. The Labute approximate surface area is 257 Å². The Bertz CT molecular complexity index is 1080. The van der Waals surface area contributed by atoms with E-state index in [1.165, 1.54) is 6.42 Å². The van der Waals surface area contributed by atoms with Crippen molar-refractivity contribution in [3.8, 4) is 11.1 Å². The van der Waals surface area contributed by atoms with E-state index < -0.39 is 0 Å². The number of halogens is 1. The fourth-order valence-electron chi connectivity index (χ4n) is 11.5. The van der Waals surface area contributed by atoms with E-state index in [4.69, 9.17) is 15.3 Å². The van der Waals surface area contributed by atoms with Gasteiger partial charge in [0.15, 0.2) is 0 Å². The van der Waals surface area contributed by atoms with Gasteiger partial charge in [-0.15, -0.1) is 0 Å². The molecule has 2 N–H and O–H groups in total. The summed E-state index contributed by atoms with van der Waals surface area (Å²) < 4.78 is 1.16. The van der Waals surface area contributed by atoms with Crippen molar-refractivity contribution < 1.29 is 17.0 Å². The topological polar surface area (TPSA) is 26.0 Å². The summed E-state index contributed by atoms with van der Waals surface area (Å²) in [7, 11) is 6.23. The molecule has 4 heteroatoms. The standard InChI is InChI=1S/C24H39P.C12H10N.ClH.Pd/c1-2-3-4-25(23-11-17-5-18(12-23)7-19(6-17)13-23)24-14-20-8-21(15-24)10-22(9-20)16-24;13-12-9-5-4-8-11(12)10-6-2-1-3-7-10;;/h17-22H,2-16H2,1H3;1-6,8-9H,13H2;1H;/q;;;+1/p-1. The number of nitrogen functional groups attached to an aromatic ring is 1. The number of benzene rings is 2. The molecular formula is C36H49ClNPPd. The van der Waals surface area contributed by atoms with Crippen LogP contribution in [0.15, 0.2) is 48.5 Å². The maximum atomic E-state index is 5.94. The number of hydrogen-bond acceptors (Lipinski definition) is 1. The minimum atomic E-state index is 0.0778. The van der Waals surface area contributed by atoms with Crippen LogP contribution in [0, 0.1) is 35.5 Å². The molecule has 0 aliphatic heterocycles. The molecule has 220 valence electrons. The SMILES string of the molecule is CCCCP(C12CC3CC(CC(C3)C1)C2)C12CC3CC(CC(C3)C1)C2.Nc1ccccc1-c1cccc[c]1[Pd][Cl]. The summed E-state index contributed by atoms with van der Waals surface area (Å²) in [5.74, 6) is 6.95. The Balaban J connectivity index is 0.000000152. The van der Waals surface area contributed by atoms with Gasteiger partial charge in [0.05, 0.1) is 0 Å². The molecule has 8 aliphatic carbocycles. The second-order valence-corrected chi connectivity index (χ2v) is 19.9. The monoisotopic (exact) mass is 667 g/mol. The number of nitrogens with two attached hydrogens (primary N) is 1. The first kappa shape index (κ1) is 28.4. The first-order valence-corrected chi connectivity index (χ1v) is 20.7. The molecule has 0 amide bonds. The van der Waals surface area contributed by atoms with Crippen LogP contribution in [0.1, 0.15) is 96.8 Å². The van der Waals surface area contributed by atoms with E-state index >= 15 is 0 Å². The van der Waals surface area contributed by atoms with Crippen molar-refractivity contribution in [2.24, 2.45) is 35.5 Å². The Morgan fingerprint density at radius 3 is 1.55 bits per heavy atom. The molecule has 0 aromatic heterocycles. The molecule has 8 saturated carbocycles. The summed E-state index contributed by atoms with van der Waals surface area (Å²) in [6.45, 7) is 2.45. The molecule has 0 heterocycles. The summed E-state index contributed by atoms with van der Waals surface area (Å²) in [6.07, 6.45) is 24.6. The van der Waals surface area contributed by atoms with Gasteiger partial charge in [-0.1, -0.05) is 21.3 Å². The van der Waals surface area contributed by atoms with Crippen LogP contribution in [0.2, 0.25) is 0 Å². The summed E-state index contributed by atoms with van der Waals surface area (Å²) >= 11 is 0.0778. The van der Waals surface area contributed by atoms with Crippen LogP contribution >= 0.6 is 17.5 Å². The van der Waals surface area contributed by atoms with Crippen molar-refractivity contribution >= 4 is 27.2 Å². The van der Waals surface area contributed by atoms with Crippen molar-refractivity contribution in [2.75, 3.05) is 11.9 Å². The summed E-state index contributed by atoms with van der Waals surface area (Å²) in [5.41, 5.74) is 8.93. The van der Waals surface area contributed by atoms with Crippen LogP contribution in [-0.2, 0) is 17.0 Å². The van der Waals surface area contributed by atoms with Gasteiger partial charge in [0.25, 0.3) is 0 Å². The molecule has 1 nitrogen and oxygen atoms in total. The van der Waals surface area contributed by atoms with E-state index in [0.29, 0.717) is 0 Å². The van der Waals surface area contributed by atoms with Crippen molar-refractivity contribution in [1.29, 1.82) is 0 Å². The van der Waals surface area contributed by atoms with Gasteiger partial charge < -0.3 is 0 Å². The molecule has 8 bridgehead atoms. The van der Waals surface area contributed by atoms with Gasteiger partial charge in [0, 0.05) is 0 Å². The second kappa shape index (κ2) is 11.6. The number of rotatable bonds is 7. The van der Waals surface area contributed by atoms with E-state index in [9.17, 15) is 0 Å². The van der Waals surface area contributed by atoms with Crippen molar-refractivity contribution in [3.05, 3.63) is 48.5 Å². The van der Waals surface area contributed by atoms with Gasteiger partial charge in [-0.3, -0.25) is 0 Å². The van der Waals surface area contributed by atoms with Gasteiger partial charge in [0.2, 0.25) is 0 Å². The summed E-state index contributed by atoms with van der Waals surface area (Å²) in [5, 5.41) is 1.76. The van der Waals surface area contributed by atoms with Gasteiger partial charge in [-0.2, -0.15) is 0 Å². The number of unbranched alkanes of at least 4 members (excludes halogenated alkanes) is 1. The van der Waals surface area contributed by atoms with Crippen LogP contribution < -0.4 is 9.77 Å². The van der Waals surface area contributed by atoms with E-state index in [-0.39, 0.29) is 24.9 Å². The third-order valence-electron chi connectivity index (χ3n) is 12.1. The zero-order valence-corrected chi connectivity index (χ0v) is 27.6. The van der Waals surface area contributed by atoms with Crippen LogP contribution in [0.25, 0.3) is 11.1 Å². The van der Waals surface area contributed by atoms with Gasteiger partial charge in [0.1, 0.15) is 0 Å². The quantitative estimate of drug-likeness (QED) is 0.177. The van der Waals surface area contributed by atoms with Gasteiger partial charge in [-0.05, 0) is 135 Å². The molecule has 0 unspecified atom stereocenters. The van der Waals surface area contributed by atoms with E-state index in [0.717, 1.165) is 66.7 Å². The predicted molar refractivity (Wildman–Crippen MR) is 170 cm³/mol. The first-order valence-electron chi connectivity index (χ1n) is 16.4. The first-order chi connectivity index (χ1) is 19.5. The number of hydrogen-bond donors (Lipinski definition) is 1. The number of anilines is 1. The predicted octanol–water partition coefficient (Wildman–Crippen LogP) is 10.0. The van der Waals surface area contributed by atoms with Crippen molar-refractivity contribution in [3.63, 3.8) is 0 Å². The Kier molecular flexibility index (Phi) is 8.24. The molecule has 0 radical (unpaired) electrons. The van der Waals surface area contributed by atoms with Crippen LogP contribution in [0.3, 0.4) is 0 Å². The normalized spacial score (nSPS) is 39.2. The Morgan fingerprint density at radius 2 is 1.12 bits per heavy atom. The molecular weight excluding hydrogens is 619 g/mol. The van der Waals surface area contributed by atoms with E-state index in [2.05, 4.69) is 13.0 Å². The number of para-hydroxylation sites is 1. The van der Waals surface area contributed by atoms with Crippen molar-refractivity contribution in [2.45, 2.75) is 107 Å². The third kappa shape index (κ3) is 5.29. The van der Waals surface area contributed by atoms with Gasteiger partial charge >= 0.3 is 102 Å². The molecule has 8 aliphatic rings. The van der Waals surface area contributed by atoms with E-state index in [1.54, 1.807) is 89.6 Å². The van der Waals surface area contributed by atoms with Crippen LogP contribution in [-0.4, -0.2) is 16.5 Å². The zero-order valence-electron chi connectivity index (χ0n) is 24.4. The maximum absolute atomic E-state index is 5.94. The molecule has 10 rings (SSSR count). The average molecular weight is 669 g/mol. The molecule has 8 fully saturated rings. The van der Waals surface area contributed by atoms with Crippen molar-refractivity contribution in [1.82, 2.24) is 0 Å². The molecule has 0 atom stereocenters. The molecule has 2 aromatic carbocycles. The molecule has 40 heavy (non-hydrogen) atoms. The van der Waals surface area contributed by atoms with E-state index in [1.807, 2.05) is 42.5 Å². The zero-order chi connectivity index (χ0) is 27.3. The van der Waals surface area contributed by atoms with Crippen LogP contribution in [0.4, 0.5) is 5.69 Å². The minimum absolute atomic E-state index is 0.0778. The summed E-state index contributed by atoms with van der Waals surface area (Å²) in [6, 6.07) is 16.0. The summed E-state index contributed by atoms with van der Waals surface area (Å²) in [4.78, 5) is 0. The molecule has 2 aromatic rings. The van der Waals surface area contributed by atoms with Crippen LogP contribution in [0.5, 0.6) is 0 Å². The van der Waals surface area contributed by atoms with Gasteiger partial charge in [-0.25, -0.2) is 0 Å². The fourth-order valence-corrected chi connectivity index (χ4v) is 18.4.